The predicted molar refractivity (Wildman–Crippen MR) is 76.9 cm³/mol. The number of hydrogen-bond acceptors (Lipinski definition) is 3. The third-order valence-corrected chi connectivity index (χ3v) is 3.52. The third kappa shape index (κ3) is 3.72. The van der Waals surface area contributed by atoms with Gasteiger partial charge in [0.25, 0.3) is 0 Å². The van der Waals surface area contributed by atoms with E-state index >= 15 is 0 Å². The fourth-order valence-electron chi connectivity index (χ4n) is 2.33. The van der Waals surface area contributed by atoms with Gasteiger partial charge in [-0.25, -0.2) is 9.59 Å². The Balaban J connectivity index is 2.10. The van der Waals surface area contributed by atoms with Crippen LogP contribution in [0.25, 0.3) is 0 Å². The number of amides is 2. The quantitative estimate of drug-likeness (QED) is 0.887. The lowest BCUT2D eigenvalue weighted by Gasteiger charge is -2.37. The first-order chi connectivity index (χ1) is 9.99. The first kappa shape index (κ1) is 15.3. The Hall–Kier alpha value is -2.08. The molecule has 21 heavy (non-hydrogen) atoms. The van der Waals surface area contributed by atoms with E-state index in [2.05, 4.69) is 5.32 Å². The average molecular weight is 292 g/mol. The number of morpholine rings is 1. The molecule has 1 heterocycles. The molecule has 6 heteroatoms. The number of nitrogens with one attached hydrogen (secondary N) is 1. The van der Waals surface area contributed by atoms with E-state index in [1.807, 2.05) is 13.8 Å². The minimum atomic E-state index is -1.08. The van der Waals surface area contributed by atoms with E-state index < -0.39 is 12.0 Å². The van der Waals surface area contributed by atoms with Crippen molar-refractivity contribution in [3.8, 4) is 0 Å². The summed E-state index contributed by atoms with van der Waals surface area (Å²) >= 11 is 0. The van der Waals surface area contributed by atoms with Gasteiger partial charge in [0, 0.05) is 6.54 Å². The molecule has 1 fully saturated rings. The maximum Gasteiger partial charge on any atom is 0.330 e. The second kappa shape index (κ2) is 6.58. The summed E-state index contributed by atoms with van der Waals surface area (Å²) in [5.74, 6) is -1.08. The third-order valence-electron chi connectivity index (χ3n) is 3.52. The number of hydrogen-bond donors (Lipinski definition) is 2. The zero-order valence-electron chi connectivity index (χ0n) is 12.2. The van der Waals surface area contributed by atoms with Crippen molar-refractivity contribution >= 4 is 12.0 Å². The van der Waals surface area contributed by atoms with E-state index in [0.29, 0.717) is 18.7 Å². The van der Waals surface area contributed by atoms with Gasteiger partial charge in [-0.15, -0.1) is 0 Å². The molecule has 1 aromatic rings. The van der Waals surface area contributed by atoms with E-state index in [1.165, 1.54) is 0 Å². The van der Waals surface area contributed by atoms with Crippen LogP contribution >= 0.6 is 0 Å². The van der Waals surface area contributed by atoms with Crippen LogP contribution in [0.2, 0.25) is 0 Å². The molecular weight excluding hydrogens is 272 g/mol. The van der Waals surface area contributed by atoms with E-state index in [-0.39, 0.29) is 18.2 Å². The Bertz CT molecular complexity index is 506. The molecule has 2 N–H and O–H groups in total. The van der Waals surface area contributed by atoms with Crippen molar-refractivity contribution in [2.75, 3.05) is 13.2 Å². The number of carbonyl (C=O) groups excluding carboxylic acids is 1. The Morgan fingerprint density at radius 2 is 2.00 bits per heavy atom. The molecule has 0 saturated carbocycles. The molecule has 3 atom stereocenters. The monoisotopic (exact) mass is 292 g/mol. The maximum absolute atomic E-state index is 12.3. The van der Waals surface area contributed by atoms with Crippen LogP contribution in [-0.4, -0.2) is 47.3 Å². The van der Waals surface area contributed by atoms with Crippen LogP contribution in [0.4, 0.5) is 4.79 Å². The summed E-state index contributed by atoms with van der Waals surface area (Å²) in [6.07, 6.45) is -0.0491. The van der Waals surface area contributed by atoms with Crippen molar-refractivity contribution in [2.24, 2.45) is 0 Å². The van der Waals surface area contributed by atoms with Crippen molar-refractivity contribution in [2.45, 2.75) is 32.0 Å². The first-order valence-corrected chi connectivity index (χ1v) is 6.95. The highest BCUT2D eigenvalue weighted by atomic mass is 16.5. The van der Waals surface area contributed by atoms with Gasteiger partial charge in [-0.05, 0) is 19.4 Å². The zero-order valence-corrected chi connectivity index (χ0v) is 12.2. The molecule has 0 spiro atoms. The fourth-order valence-corrected chi connectivity index (χ4v) is 2.33. The standard InChI is InChI=1S/C15H20N2O4/c1-10-9-21-11(2)8-17(10)15(20)16-13(14(18)19)12-6-4-3-5-7-12/h3-7,10-11,13H,8-9H2,1-2H3,(H,16,20)(H,18,19)/t10?,11?,13-/m1/s1. The van der Waals surface area contributed by atoms with E-state index in [4.69, 9.17) is 4.74 Å². The smallest absolute Gasteiger partial charge is 0.330 e. The van der Waals surface area contributed by atoms with Crippen LogP contribution in [0, 0.1) is 0 Å². The summed E-state index contributed by atoms with van der Waals surface area (Å²) in [7, 11) is 0. The molecule has 6 nitrogen and oxygen atoms in total. The van der Waals surface area contributed by atoms with Gasteiger partial charge in [0.1, 0.15) is 0 Å². The highest BCUT2D eigenvalue weighted by Gasteiger charge is 2.30. The van der Waals surface area contributed by atoms with Crippen molar-refractivity contribution in [3.63, 3.8) is 0 Å². The summed E-state index contributed by atoms with van der Waals surface area (Å²) in [5, 5.41) is 11.9. The lowest BCUT2D eigenvalue weighted by atomic mass is 10.1. The van der Waals surface area contributed by atoms with Gasteiger partial charge in [0.05, 0.1) is 18.8 Å². The zero-order chi connectivity index (χ0) is 15.4. The molecule has 1 aliphatic rings. The van der Waals surface area contributed by atoms with Crippen LogP contribution in [-0.2, 0) is 9.53 Å². The maximum atomic E-state index is 12.3. The Morgan fingerprint density at radius 1 is 1.33 bits per heavy atom. The molecule has 0 aromatic heterocycles. The Kier molecular flexibility index (Phi) is 4.80. The number of ether oxygens (including phenoxy) is 1. The summed E-state index contributed by atoms with van der Waals surface area (Å²) in [4.78, 5) is 25.4. The van der Waals surface area contributed by atoms with E-state index in [0.717, 1.165) is 0 Å². The molecule has 0 radical (unpaired) electrons. The molecule has 2 rings (SSSR count). The van der Waals surface area contributed by atoms with Crippen LogP contribution in [0.5, 0.6) is 0 Å². The summed E-state index contributed by atoms with van der Waals surface area (Å²) in [6, 6.07) is 7.16. The minimum Gasteiger partial charge on any atom is -0.479 e. The van der Waals surface area contributed by atoms with Gasteiger partial charge < -0.3 is 20.1 Å². The largest absolute Gasteiger partial charge is 0.479 e. The molecule has 1 aromatic carbocycles. The number of aliphatic carboxylic acids is 1. The second-order valence-electron chi connectivity index (χ2n) is 5.28. The van der Waals surface area contributed by atoms with Gasteiger partial charge in [0.2, 0.25) is 0 Å². The minimum absolute atomic E-state index is 0.0491. The van der Waals surface area contributed by atoms with Crippen molar-refractivity contribution in [3.05, 3.63) is 35.9 Å². The first-order valence-electron chi connectivity index (χ1n) is 6.95. The van der Waals surface area contributed by atoms with Crippen molar-refractivity contribution < 1.29 is 19.4 Å². The van der Waals surface area contributed by atoms with Crippen molar-refractivity contribution in [1.82, 2.24) is 10.2 Å². The van der Waals surface area contributed by atoms with Crippen molar-refractivity contribution in [1.29, 1.82) is 0 Å². The number of carbonyl (C=O) groups is 2. The number of nitrogens with zero attached hydrogens (tertiary/aromatic N) is 1. The van der Waals surface area contributed by atoms with Crippen LogP contribution in [0.15, 0.2) is 30.3 Å². The number of carboxylic acids is 1. The summed E-state index contributed by atoms with van der Waals surface area (Å²) in [6.45, 7) is 4.67. The van der Waals surface area contributed by atoms with Gasteiger partial charge in [-0.2, -0.15) is 0 Å². The molecule has 2 unspecified atom stereocenters. The summed E-state index contributed by atoms with van der Waals surface area (Å²) in [5.41, 5.74) is 0.548. The number of rotatable bonds is 3. The molecule has 0 bridgehead atoms. The molecular formula is C15H20N2O4. The van der Waals surface area contributed by atoms with Gasteiger partial charge in [-0.1, -0.05) is 30.3 Å². The SMILES string of the molecule is CC1CN(C(=O)N[C@@H](C(=O)O)c2ccccc2)C(C)CO1. The normalized spacial score (nSPS) is 23.4. The summed E-state index contributed by atoms with van der Waals surface area (Å²) < 4.78 is 5.47. The van der Waals surface area contributed by atoms with E-state index in [9.17, 15) is 14.7 Å². The van der Waals surface area contributed by atoms with Crippen LogP contribution in [0.1, 0.15) is 25.5 Å². The van der Waals surface area contributed by atoms with Gasteiger partial charge in [-0.3, -0.25) is 0 Å². The molecule has 1 saturated heterocycles. The number of urea groups is 1. The Labute approximate surface area is 123 Å². The van der Waals surface area contributed by atoms with E-state index in [1.54, 1.807) is 35.2 Å². The number of benzene rings is 1. The molecule has 0 aliphatic carbocycles. The fraction of sp³-hybridized carbons (Fsp3) is 0.467. The second-order valence-corrected chi connectivity index (χ2v) is 5.28. The topological polar surface area (TPSA) is 78.9 Å². The lowest BCUT2D eigenvalue weighted by Crippen LogP contribution is -2.54. The Morgan fingerprint density at radius 3 is 2.62 bits per heavy atom. The predicted octanol–water partition coefficient (Wildman–Crippen LogP) is 1.63. The van der Waals surface area contributed by atoms with Gasteiger partial charge in [0.15, 0.2) is 6.04 Å². The lowest BCUT2D eigenvalue weighted by molar-refractivity contribution is -0.139. The van der Waals surface area contributed by atoms with Crippen LogP contribution in [0.3, 0.4) is 0 Å². The highest BCUT2D eigenvalue weighted by molar-refractivity contribution is 5.83. The highest BCUT2D eigenvalue weighted by Crippen LogP contribution is 2.16. The molecule has 114 valence electrons. The number of carboxylic acid groups (broad SMARTS) is 1. The van der Waals surface area contributed by atoms with Gasteiger partial charge >= 0.3 is 12.0 Å². The van der Waals surface area contributed by atoms with Crippen LogP contribution < -0.4 is 5.32 Å². The molecule has 1 aliphatic heterocycles. The average Bonchev–Trinajstić information content (AvgIpc) is 2.47. The molecule has 2 amide bonds.